The highest BCUT2D eigenvalue weighted by Crippen LogP contribution is 2.17. The van der Waals surface area contributed by atoms with E-state index in [1.54, 1.807) is 0 Å². The molecule has 0 fully saturated rings. The maximum Gasteiger partial charge on any atom is 0.212 e. The summed E-state index contributed by atoms with van der Waals surface area (Å²) in [6.45, 7) is 5.89. The molecule has 1 heterocycles. The number of carbonyl (C=O) groups excluding carboxylic acids is 1. The fourth-order valence-corrected chi connectivity index (χ4v) is 2.27. The van der Waals surface area contributed by atoms with Gasteiger partial charge in [0.1, 0.15) is 5.69 Å². The van der Waals surface area contributed by atoms with Crippen LogP contribution in [0.1, 0.15) is 32.2 Å². The number of rotatable bonds is 2. The van der Waals surface area contributed by atoms with Crippen LogP contribution in [-0.2, 0) is 0 Å². The lowest BCUT2D eigenvalue weighted by atomic mass is 10.0. The SMILES string of the molecule is Cc1ccc(C(=O)c2csc(C)n2)c(C)c1. The van der Waals surface area contributed by atoms with Gasteiger partial charge in [-0.25, -0.2) is 4.98 Å². The molecule has 0 spiro atoms. The molecule has 0 unspecified atom stereocenters. The summed E-state index contributed by atoms with van der Waals surface area (Å²) in [4.78, 5) is 16.4. The second-order valence-corrected chi connectivity index (χ2v) is 4.96. The largest absolute Gasteiger partial charge is 0.287 e. The summed E-state index contributed by atoms with van der Waals surface area (Å²) in [5, 5.41) is 2.74. The molecule has 1 aromatic heterocycles. The third-order valence-electron chi connectivity index (χ3n) is 2.48. The maximum absolute atomic E-state index is 12.1. The molecule has 0 amide bonds. The average molecular weight is 231 g/mol. The van der Waals surface area contributed by atoms with Crippen LogP contribution >= 0.6 is 11.3 Å². The van der Waals surface area contributed by atoms with E-state index in [-0.39, 0.29) is 5.78 Å². The van der Waals surface area contributed by atoms with Crippen molar-refractivity contribution in [3.63, 3.8) is 0 Å². The first-order valence-corrected chi connectivity index (χ1v) is 6.00. The smallest absolute Gasteiger partial charge is 0.212 e. The molecular weight excluding hydrogens is 218 g/mol. The molecule has 0 N–H and O–H groups in total. The zero-order valence-corrected chi connectivity index (χ0v) is 10.4. The summed E-state index contributed by atoms with van der Waals surface area (Å²) in [6, 6.07) is 5.85. The third kappa shape index (κ3) is 2.04. The van der Waals surface area contributed by atoms with Crippen LogP contribution in [0.2, 0.25) is 0 Å². The molecule has 0 radical (unpaired) electrons. The molecule has 0 aliphatic heterocycles. The van der Waals surface area contributed by atoms with E-state index in [1.165, 1.54) is 16.9 Å². The van der Waals surface area contributed by atoms with E-state index in [9.17, 15) is 4.79 Å². The number of hydrogen-bond acceptors (Lipinski definition) is 3. The van der Waals surface area contributed by atoms with Crippen LogP contribution in [-0.4, -0.2) is 10.8 Å². The van der Waals surface area contributed by atoms with Gasteiger partial charge in [0, 0.05) is 10.9 Å². The lowest BCUT2D eigenvalue weighted by Gasteiger charge is -2.03. The van der Waals surface area contributed by atoms with E-state index in [1.807, 2.05) is 44.4 Å². The number of carbonyl (C=O) groups is 1. The summed E-state index contributed by atoms with van der Waals surface area (Å²) in [6.07, 6.45) is 0. The molecule has 0 saturated heterocycles. The minimum atomic E-state index is 0.0156. The Kier molecular flexibility index (Phi) is 2.88. The minimum Gasteiger partial charge on any atom is -0.287 e. The zero-order chi connectivity index (χ0) is 11.7. The Hall–Kier alpha value is -1.48. The van der Waals surface area contributed by atoms with Crippen molar-refractivity contribution in [3.05, 3.63) is 51.0 Å². The lowest BCUT2D eigenvalue weighted by molar-refractivity contribution is 0.103. The Morgan fingerprint density at radius 3 is 2.56 bits per heavy atom. The molecule has 82 valence electrons. The fourth-order valence-electron chi connectivity index (χ4n) is 1.67. The molecule has 16 heavy (non-hydrogen) atoms. The number of hydrogen-bond donors (Lipinski definition) is 0. The fraction of sp³-hybridized carbons (Fsp3) is 0.231. The number of thiazole rings is 1. The highest BCUT2D eigenvalue weighted by Gasteiger charge is 2.14. The van der Waals surface area contributed by atoms with Gasteiger partial charge in [-0.05, 0) is 26.3 Å². The summed E-state index contributed by atoms with van der Waals surface area (Å²) >= 11 is 1.50. The summed E-state index contributed by atoms with van der Waals surface area (Å²) in [5.41, 5.74) is 3.48. The molecule has 2 nitrogen and oxygen atoms in total. The summed E-state index contributed by atoms with van der Waals surface area (Å²) < 4.78 is 0. The van der Waals surface area contributed by atoms with Crippen LogP contribution in [0.25, 0.3) is 0 Å². The van der Waals surface area contributed by atoms with Crippen molar-refractivity contribution in [2.75, 3.05) is 0 Å². The Morgan fingerprint density at radius 1 is 1.25 bits per heavy atom. The average Bonchev–Trinajstić information content (AvgIpc) is 2.64. The summed E-state index contributed by atoms with van der Waals surface area (Å²) in [5.74, 6) is 0.0156. The summed E-state index contributed by atoms with van der Waals surface area (Å²) in [7, 11) is 0. The highest BCUT2D eigenvalue weighted by atomic mass is 32.1. The van der Waals surface area contributed by atoms with Gasteiger partial charge < -0.3 is 0 Å². The van der Waals surface area contributed by atoms with Crippen molar-refractivity contribution in [1.82, 2.24) is 4.98 Å². The van der Waals surface area contributed by atoms with Crippen LogP contribution in [0.15, 0.2) is 23.6 Å². The quantitative estimate of drug-likeness (QED) is 0.742. The maximum atomic E-state index is 12.1. The number of benzene rings is 1. The number of nitrogens with zero attached hydrogens (tertiary/aromatic N) is 1. The number of ketones is 1. The molecule has 1 aromatic carbocycles. The van der Waals surface area contributed by atoms with Gasteiger partial charge in [0.15, 0.2) is 0 Å². The van der Waals surface area contributed by atoms with Gasteiger partial charge >= 0.3 is 0 Å². The molecule has 0 atom stereocenters. The minimum absolute atomic E-state index is 0.0156. The Balaban J connectivity index is 2.41. The molecule has 0 aliphatic carbocycles. The zero-order valence-electron chi connectivity index (χ0n) is 9.57. The molecule has 0 saturated carbocycles. The van der Waals surface area contributed by atoms with E-state index < -0.39 is 0 Å². The van der Waals surface area contributed by atoms with Crippen LogP contribution in [0.4, 0.5) is 0 Å². The predicted octanol–water partition coefficient (Wildman–Crippen LogP) is 3.30. The highest BCUT2D eigenvalue weighted by molar-refractivity contribution is 7.09. The van der Waals surface area contributed by atoms with Crippen molar-refractivity contribution >= 4 is 17.1 Å². The molecule has 2 rings (SSSR count). The topological polar surface area (TPSA) is 30.0 Å². The number of aromatic nitrogens is 1. The van der Waals surface area contributed by atoms with E-state index in [2.05, 4.69) is 4.98 Å². The first-order valence-electron chi connectivity index (χ1n) is 5.12. The van der Waals surface area contributed by atoms with E-state index in [4.69, 9.17) is 0 Å². The van der Waals surface area contributed by atoms with Gasteiger partial charge in [0.25, 0.3) is 0 Å². The number of aryl methyl sites for hydroxylation is 3. The Labute approximate surface area is 99.0 Å². The molecular formula is C13H13NOS. The van der Waals surface area contributed by atoms with Gasteiger partial charge in [-0.2, -0.15) is 0 Å². The lowest BCUT2D eigenvalue weighted by Crippen LogP contribution is -2.04. The van der Waals surface area contributed by atoms with E-state index >= 15 is 0 Å². The van der Waals surface area contributed by atoms with Crippen LogP contribution < -0.4 is 0 Å². The second-order valence-electron chi connectivity index (χ2n) is 3.90. The van der Waals surface area contributed by atoms with Crippen molar-refractivity contribution in [2.24, 2.45) is 0 Å². The van der Waals surface area contributed by atoms with Gasteiger partial charge in [0.05, 0.1) is 5.01 Å². The normalized spacial score (nSPS) is 10.4. The third-order valence-corrected chi connectivity index (χ3v) is 3.25. The standard InChI is InChI=1S/C13H13NOS/c1-8-4-5-11(9(2)6-8)13(15)12-7-16-10(3)14-12/h4-7H,1-3H3. The van der Waals surface area contributed by atoms with Gasteiger partial charge in [0.2, 0.25) is 5.78 Å². The van der Waals surface area contributed by atoms with Crippen LogP contribution in [0, 0.1) is 20.8 Å². The van der Waals surface area contributed by atoms with Gasteiger partial charge in [-0.1, -0.05) is 23.8 Å². The molecule has 3 heteroatoms. The predicted molar refractivity (Wildman–Crippen MR) is 66.2 cm³/mol. The monoisotopic (exact) mass is 231 g/mol. The van der Waals surface area contributed by atoms with Crippen LogP contribution in [0.5, 0.6) is 0 Å². The second kappa shape index (κ2) is 4.18. The van der Waals surface area contributed by atoms with Crippen molar-refractivity contribution in [1.29, 1.82) is 0 Å². The van der Waals surface area contributed by atoms with Crippen molar-refractivity contribution in [2.45, 2.75) is 20.8 Å². The Morgan fingerprint density at radius 2 is 2.00 bits per heavy atom. The van der Waals surface area contributed by atoms with Gasteiger partial charge in [-0.3, -0.25) is 4.79 Å². The van der Waals surface area contributed by atoms with Crippen molar-refractivity contribution < 1.29 is 4.79 Å². The molecule has 0 aliphatic rings. The molecule has 2 aromatic rings. The van der Waals surface area contributed by atoms with Crippen molar-refractivity contribution in [3.8, 4) is 0 Å². The first-order chi connectivity index (χ1) is 7.58. The first kappa shape index (κ1) is 11.0. The van der Waals surface area contributed by atoms with E-state index in [0.29, 0.717) is 5.69 Å². The van der Waals surface area contributed by atoms with Gasteiger partial charge in [-0.15, -0.1) is 11.3 Å². The van der Waals surface area contributed by atoms with E-state index in [0.717, 1.165) is 16.1 Å². The molecule has 0 bridgehead atoms. The van der Waals surface area contributed by atoms with Crippen LogP contribution in [0.3, 0.4) is 0 Å². The Bertz CT molecular complexity index is 543.